The van der Waals surface area contributed by atoms with Gasteiger partial charge in [0.1, 0.15) is 0 Å². The van der Waals surface area contributed by atoms with E-state index in [-0.39, 0.29) is 57.9 Å². The topological polar surface area (TPSA) is 150 Å². The van der Waals surface area contributed by atoms with Gasteiger partial charge in [-0.15, -0.1) is 0 Å². The Morgan fingerprint density at radius 2 is 1.33 bits per heavy atom. The zero-order valence-electron chi connectivity index (χ0n) is 8.07. The molecule has 0 radical (unpaired) electrons. The van der Waals surface area contributed by atoms with Crippen LogP contribution in [0.1, 0.15) is 0 Å². The van der Waals surface area contributed by atoms with E-state index in [1.165, 1.54) is 0 Å². The van der Waals surface area contributed by atoms with Gasteiger partial charge in [0.15, 0.2) is 0 Å². The van der Waals surface area contributed by atoms with Crippen LogP contribution in [0.2, 0.25) is 0 Å². The van der Waals surface area contributed by atoms with Crippen molar-refractivity contribution in [3.05, 3.63) is 0 Å². The molecule has 0 heterocycles. The Morgan fingerprint density at radius 1 is 1.00 bits per heavy atom. The van der Waals surface area contributed by atoms with E-state index >= 15 is 0 Å². The molecular formula is C4H9KNO7P2-3. The Hall–Kier alpha value is 1.86. The van der Waals surface area contributed by atoms with E-state index in [1.54, 1.807) is 0 Å². The first-order chi connectivity index (χ1) is 6.14. The maximum atomic E-state index is 10.3. The van der Waals surface area contributed by atoms with Crippen molar-refractivity contribution < 1.29 is 85.2 Å². The molecule has 86 valence electrons. The second kappa shape index (κ2) is 8.05. The molecule has 15 heavy (non-hydrogen) atoms. The Balaban J connectivity index is 0. The van der Waals surface area contributed by atoms with Crippen LogP contribution in [0.4, 0.5) is 0 Å². The SMILES string of the molecule is O=P([O-])([O-])CN(CCO)CP(=O)([O-])[O-].[K+]. The number of hydrogen-bond acceptors (Lipinski definition) is 8. The molecule has 0 aromatic heterocycles. The molecule has 1 N–H and O–H groups in total. The third kappa shape index (κ3) is 13.8. The molecule has 0 bridgehead atoms. The van der Waals surface area contributed by atoms with Gasteiger partial charge in [0, 0.05) is 19.1 Å². The van der Waals surface area contributed by atoms with Gasteiger partial charge in [-0.05, 0) is 0 Å². The minimum absolute atomic E-state index is 0. The first-order valence-corrected chi connectivity index (χ1v) is 6.95. The van der Waals surface area contributed by atoms with Crippen LogP contribution in [0.5, 0.6) is 0 Å². The van der Waals surface area contributed by atoms with Gasteiger partial charge in [-0.3, -0.25) is 4.90 Å². The number of rotatable bonds is 6. The van der Waals surface area contributed by atoms with Crippen LogP contribution in [0.25, 0.3) is 0 Å². The molecule has 0 spiro atoms. The first-order valence-electron chi connectivity index (χ1n) is 3.49. The maximum absolute atomic E-state index is 10.3. The van der Waals surface area contributed by atoms with Crippen molar-refractivity contribution in [2.75, 3.05) is 25.7 Å². The van der Waals surface area contributed by atoms with Crippen LogP contribution in [0.15, 0.2) is 0 Å². The fraction of sp³-hybridized carbons (Fsp3) is 1.00. The van der Waals surface area contributed by atoms with Gasteiger partial charge in [0.05, 0.1) is 6.61 Å². The summed E-state index contributed by atoms with van der Waals surface area (Å²) in [5, 5.41) is 8.40. The Kier molecular flexibility index (Phi) is 10.3. The molecule has 0 atom stereocenters. The molecule has 11 heteroatoms. The summed E-state index contributed by atoms with van der Waals surface area (Å²) in [7, 11) is -9.84. The van der Waals surface area contributed by atoms with Crippen LogP contribution in [0.3, 0.4) is 0 Å². The van der Waals surface area contributed by atoms with Gasteiger partial charge < -0.3 is 33.8 Å². The summed E-state index contributed by atoms with van der Waals surface area (Å²) in [6, 6.07) is 0. The van der Waals surface area contributed by atoms with Crippen molar-refractivity contribution in [1.82, 2.24) is 4.90 Å². The van der Waals surface area contributed by atoms with E-state index in [0.717, 1.165) is 0 Å². The predicted molar refractivity (Wildman–Crippen MR) is 38.7 cm³/mol. The molecule has 0 aliphatic carbocycles. The number of nitrogens with zero attached hydrogens (tertiary/aromatic N) is 1. The maximum Gasteiger partial charge on any atom is 1.00 e. The van der Waals surface area contributed by atoms with Gasteiger partial charge in [0.25, 0.3) is 0 Å². The van der Waals surface area contributed by atoms with E-state index in [1.807, 2.05) is 0 Å². The standard InChI is InChI=1S/C4H13NO7P2.K/c6-2-1-5(3-13(7,8)9)4-14(10,11)12;/h6H,1-4H2,(H2,7,8,9)(H2,10,11,12);/q;+1/p-4. The fourth-order valence-corrected chi connectivity index (χ4v) is 2.44. The van der Waals surface area contributed by atoms with Crippen molar-refractivity contribution in [1.29, 1.82) is 0 Å². The van der Waals surface area contributed by atoms with Gasteiger partial charge >= 0.3 is 51.4 Å². The molecule has 0 saturated heterocycles. The van der Waals surface area contributed by atoms with Crippen molar-refractivity contribution >= 4 is 15.2 Å². The monoisotopic (exact) mass is 284 g/mol. The van der Waals surface area contributed by atoms with E-state index in [9.17, 15) is 28.7 Å². The van der Waals surface area contributed by atoms with E-state index in [2.05, 4.69) is 0 Å². The van der Waals surface area contributed by atoms with Gasteiger partial charge in [-0.1, -0.05) is 15.2 Å². The van der Waals surface area contributed by atoms with Crippen molar-refractivity contribution in [3.8, 4) is 0 Å². The molecule has 0 aliphatic rings. The molecule has 0 aliphatic heterocycles. The largest absolute Gasteiger partial charge is 1.00 e. The minimum atomic E-state index is -4.92. The Bertz CT molecular complexity index is 238. The summed E-state index contributed by atoms with van der Waals surface area (Å²) in [5.74, 6) is 0. The minimum Gasteiger partial charge on any atom is -0.810 e. The van der Waals surface area contributed by atoms with Crippen LogP contribution < -0.4 is 71.0 Å². The second-order valence-corrected chi connectivity index (χ2v) is 5.63. The summed E-state index contributed by atoms with van der Waals surface area (Å²) < 4.78 is 20.5. The molecular weight excluding hydrogens is 275 g/mol. The fourth-order valence-electron chi connectivity index (χ4n) is 0.817. The van der Waals surface area contributed by atoms with Gasteiger partial charge in [-0.25, -0.2) is 0 Å². The van der Waals surface area contributed by atoms with Crippen LogP contribution >= 0.6 is 15.2 Å². The molecule has 0 amide bonds. The number of hydrogen-bond donors (Lipinski definition) is 1. The molecule has 8 nitrogen and oxygen atoms in total. The predicted octanol–water partition coefficient (Wildman–Crippen LogP) is -6.97. The van der Waals surface area contributed by atoms with E-state index < -0.39 is 34.4 Å². The summed E-state index contributed by atoms with van der Waals surface area (Å²) in [4.78, 5) is 41.6. The average molecular weight is 284 g/mol. The number of aliphatic hydroxyl groups is 1. The zero-order valence-corrected chi connectivity index (χ0v) is 13.0. The van der Waals surface area contributed by atoms with E-state index in [0.29, 0.717) is 4.90 Å². The second-order valence-electron chi connectivity index (χ2n) is 2.62. The molecule has 0 saturated carbocycles. The third-order valence-corrected chi connectivity index (χ3v) is 2.66. The quantitative estimate of drug-likeness (QED) is 0.373. The van der Waals surface area contributed by atoms with Crippen molar-refractivity contribution in [3.63, 3.8) is 0 Å². The molecule has 0 rings (SSSR count). The normalized spacial score (nSPS) is 12.7. The van der Waals surface area contributed by atoms with Crippen LogP contribution in [-0.2, 0) is 9.13 Å². The summed E-state index contributed by atoms with van der Waals surface area (Å²) in [6.07, 6.45) is -2.16. The van der Waals surface area contributed by atoms with Gasteiger partial charge in [-0.2, -0.15) is 0 Å². The summed E-state index contributed by atoms with van der Waals surface area (Å²) in [5.41, 5.74) is 0. The molecule has 0 unspecified atom stereocenters. The number of aliphatic hydroxyl groups excluding tert-OH is 1. The Morgan fingerprint density at radius 3 is 1.53 bits per heavy atom. The van der Waals surface area contributed by atoms with Crippen LogP contribution in [0, 0.1) is 0 Å². The summed E-state index contributed by atoms with van der Waals surface area (Å²) >= 11 is 0. The molecule has 0 fully saturated rings. The first kappa shape index (κ1) is 19.2. The molecule has 0 aromatic rings. The third-order valence-electron chi connectivity index (χ3n) is 1.16. The Labute approximate surface area is 129 Å². The van der Waals surface area contributed by atoms with Crippen molar-refractivity contribution in [2.24, 2.45) is 0 Å². The smallest absolute Gasteiger partial charge is 0.810 e. The zero-order chi connectivity index (χ0) is 11.4. The van der Waals surface area contributed by atoms with E-state index in [4.69, 9.17) is 5.11 Å². The average Bonchev–Trinajstić information content (AvgIpc) is 1.78. The van der Waals surface area contributed by atoms with Gasteiger partial charge in [0.2, 0.25) is 0 Å². The summed E-state index contributed by atoms with van der Waals surface area (Å²) in [6.45, 7) is -0.900. The molecule has 0 aromatic carbocycles. The van der Waals surface area contributed by atoms with Crippen molar-refractivity contribution in [2.45, 2.75) is 0 Å². The van der Waals surface area contributed by atoms with Crippen LogP contribution in [-0.4, -0.2) is 35.7 Å².